The van der Waals surface area contributed by atoms with Crippen LogP contribution in [0.1, 0.15) is 63.1 Å². The first-order valence-corrected chi connectivity index (χ1v) is 7.47. The first-order valence-electron chi connectivity index (χ1n) is 7.47. The first-order chi connectivity index (χ1) is 9.29. The van der Waals surface area contributed by atoms with E-state index in [1.54, 1.807) is 6.20 Å². The summed E-state index contributed by atoms with van der Waals surface area (Å²) in [5.41, 5.74) is 1.66. The van der Waals surface area contributed by atoms with Gasteiger partial charge in [0.05, 0.1) is 18.9 Å². The summed E-state index contributed by atoms with van der Waals surface area (Å²) in [6.07, 6.45) is 10.7. The maximum Gasteiger partial charge on any atom is 0.125 e. The van der Waals surface area contributed by atoms with E-state index in [2.05, 4.69) is 11.9 Å². The molecule has 0 radical (unpaired) electrons. The Morgan fingerprint density at radius 2 is 1.79 bits per heavy atom. The van der Waals surface area contributed by atoms with Crippen LogP contribution in [0.2, 0.25) is 0 Å². The largest absolute Gasteiger partial charge is 0.493 e. The van der Waals surface area contributed by atoms with E-state index in [1.807, 2.05) is 13.0 Å². The summed E-state index contributed by atoms with van der Waals surface area (Å²) in [7, 11) is 0. The molecule has 0 aliphatic rings. The average molecular weight is 265 g/mol. The summed E-state index contributed by atoms with van der Waals surface area (Å²) in [6.45, 7) is 4.91. The lowest BCUT2D eigenvalue weighted by Crippen LogP contribution is -2.02. The second kappa shape index (κ2) is 9.79. The van der Waals surface area contributed by atoms with Gasteiger partial charge < -0.3 is 9.84 Å². The van der Waals surface area contributed by atoms with Gasteiger partial charge in [-0.2, -0.15) is 0 Å². The number of rotatable bonds is 10. The molecule has 0 fully saturated rings. The standard InChI is InChI=1S/C16H27NO2/c1-3-4-5-6-7-8-9-12-19-16-10-11-17-15(13-18)14(16)2/h10-11,18H,3-9,12-13H2,1-2H3. The Hall–Kier alpha value is -1.09. The van der Waals surface area contributed by atoms with Crippen LogP contribution in [0.3, 0.4) is 0 Å². The second-order valence-corrected chi connectivity index (χ2v) is 5.01. The lowest BCUT2D eigenvalue weighted by molar-refractivity contribution is 0.271. The highest BCUT2D eigenvalue weighted by Crippen LogP contribution is 2.19. The molecule has 0 spiro atoms. The molecule has 0 saturated carbocycles. The highest BCUT2D eigenvalue weighted by molar-refractivity contribution is 5.34. The molecule has 0 unspecified atom stereocenters. The molecule has 1 aromatic rings. The van der Waals surface area contributed by atoms with Gasteiger partial charge in [-0.3, -0.25) is 4.98 Å². The number of hydrogen-bond acceptors (Lipinski definition) is 3. The maximum absolute atomic E-state index is 9.14. The lowest BCUT2D eigenvalue weighted by Gasteiger charge is -2.10. The Morgan fingerprint density at radius 1 is 1.11 bits per heavy atom. The fraction of sp³-hybridized carbons (Fsp3) is 0.688. The Balaban J connectivity index is 2.16. The minimum atomic E-state index is -0.0273. The van der Waals surface area contributed by atoms with Crippen LogP contribution in [0.25, 0.3) is 0 Å². The predicted octanol–water partition coefficient (Wildman–Crippen LogP) is 4.01. The summed E-state index contributed by atoms with van der Waals surface area (Å²) in [6, 6.07) is 1.87. The molecule has 0 atom stereocenters. The van der Waals surface area contributed by atoms with Crippen molar-refractivity contribution in [1.82, 2.24) is 4.98 Å². The number of aliphatic hydroxyl groups is 1. The van der Waals surface area contributed by atoms with E-state index in [9.17, 15) is 0 Å². The van der Waals surface area contributed by atoms with E-state index in [1.165, 1.54) is 38.5 Å². The normalized spacial score (nSPS) is 10.7. The van der Waals surface area contributed by atoms with Crippen LogP contribution >= 0.6 is 0 Å². The number of hydrogen-bond donors (Lipinski definition) is 1. The highest BCUT2D eigenvalue weighted by Gasteiger charge is 2.05. The topological polar surface area (TPSA) is 42.4 Å². The van der Waals surface area contributed by atoms with Crippen LogP contribution in [-0.4, -0.2) is 16.7 Å². The van der Waals surface area contributed by atoms with Gasteiger partial charge in [0.2, 0.25) is 0 Å². The van der Waals surface area contributed by atoms with E-state index in [4.69, 9.17) is 9.84 Å². The Bertz CT molecular complexity index is 353. The number of pyridine rings is 1. The average Bonchev–Trinajstić information content (AvgIpc) is 2.43. The third-order valence-electron chi connectivity index (χ3n) is 3.41. The summed E-state index contributed by atoms with van der Waals surface area (Å²) in [5.74, 6) is 0.852. The third-order valence-corrected chi connectivity index (χ3v) is 3.41. The van der Waals surface area contributed by atoms with Gasteiger partial charge in [0.1, 0.15) is 5.75 Å². The van der Waals surface area contributed by atoms with Crippen LogP contribution in [-0.2, 0) is 6.61 Å². The van der Waals surface area contributed by atoms with Gasteiger partial charge in [0.15, 0.2) is 0 Å². The molecule has 1 heterocycles. The zero-order chi connectivity index (χ0) is 13.9. The summed E-state index contributed by atoms with van der Waals surface area (Å²) < 4.78 is 5.76. The van der Waals surface area contributed by atoms with Crippen LogP contribution in [0.15, 0.2) is 12.3 Å². The Labute approximate surface area is 117 Å². The van der Waals surface area contributed by atoms with Crippen molar-refractivity contribution in [2.24, 2.45) is 0 Å². The fourth-order valence-corrected chi connectivity index (χ4v) is 2.12. The van der Waals surface area contributed by atoms with Crippen LogP contribution in [0.5, 0.6) is 5.75 Å². The van der Waals surface area contributed by atoms with Crippen molar-refractivity contribution in [3.05, 3.63) is 23.5 Å². The van der Waals surface area contributed by atoms with Crippen molar-refractivity contribution in [2.75, 3.05) is 6.61 Å². The lowest BCUT2D eigenvalue weighted by atomic mass is 10.1. The zero-order valence-corrected chi connectivity index (χ0v) is 12.3. The monoisotopic (exact) mass is 265 g/mol. The first kappa shape index (κ1) is 16.0. The maximum atomic E-state index is 9.14. The summed E-state index contributed by atoms with van der Waals surface area (Å²) in [5, 5.41) is 9.14. The van der Waals surface area contributed by atoms with Gasteiger partial charge >= 0.3 is 0 Å². The minimum Gasteiger partial charge on any atom is -0.493 e. The molecule has 3 nitrogen and oxygen atoms in total. The van der Waals surface area contributed by atoms with Crippen LogP contribution < -0.4 is 4.74 Å². The smallest absolute Gasteiger partial charge is 0.125 e. The van der Waals surface area contributed by atoms with E-state index in [0.717, 1.165) is 24.3 Å². The number of aromatic nitrogens is 1. The Morgan fingerprint density at radius 3 is 2.47 bits per heavy atom. The SMILES string of the molecule is CCCCCCCCCOc1ccnc(CO)c1C. The molecular weight excluding hydrogens is 238 g/mol. The summed E-state index contributed by atoms with van der Waals surface area (Å²) in [4.78, 5) is 4.11. The molecule has 0 amide bonds. The van der Waals surface area contributed by atoms with Crippen molar-refractivity contribution >= 4 is 0 Å². The molecule has 0 bridgehead atoms. The predicted molar refractivity (Wildman–Crippen MR) is 78.4 cm³/mol. The van der Waals surface area contributed by atoms with Crippen molar-refractivity contribution in [3.63, 3.8) is 0 Å². The van der Waals surface area contributed by atoms with Crippen LogP contribution in [0.4, 0.5) is 0 Å². The van der Waals surface area contributed by atoms with Gasteiger partial charge in [0, 0.05) is 11.8 Å². The van der Waals surface area contributed by atoms with E-state index in [0.29, 0.717) is 5.69 Å². The highest BCUT2D eigenvalue weighted by atomic mass is 16.5. The molecule has 3 heteroatoms. The van der Waals surface area contributed by atoms with Gasteiger partial charge in [0.25, 0.3) is 0 Å². The minimum absolute atomic E-state index is 0.0273. The van der Waals surface area contributed by atoms with Crippen molar-refractivity contribution in [2.45, 2.75) is 65.4 Å². The molecular formula is C16H27NO2. The van der Waals surface area contributed by atoms with E-state index in [-0.39, 0.29) is 6.61 Å². The third kappa shape index (κ3) is 6.06. The molecule has 1 aromatic heterocycles. The van der Waals surface area contributed by atoms with E-state index >= 15 is 0 Å². The quantitative estimate of drug-likeness (QED) is 0.650. The number of aliphatic hydroxyl groups excluding tert-OH is 1. The number of ether oxygens (including phenoxy) is 1. The van der Waals surface area contributed by atoms with Crippen LogP contribution in [0, 0.1) is 6.92 Å². The molecule has 108 valence electrons. The molecule has 19 heavy (non-hydrogen) atoms. The van der Waals surface area contributed by atoms with E-state index < -0.39 is 0 Å². The summed E-state index contributed by atoms with van der Waals surface area (Å²) >= 11 is 0. The van der Waals surface area contributed by atoms with Gasteiger partial charge in [-0.25, -0.2) is 0 Å². The van der Waals surface area contributed by atoms with Gasteiger partial charge in [-0.05, 0) is 19.4 Å². The fourth-order valence-electron chi connectivity index (χ4n) is 2.12. The zero-order valence-electron chi connectivity index (χ0n) is 12.3. The number of nitrogens with zero attached hydrogens (tertiary/aromatic N) is 1. The molecule has 0 aromatic carbocycles. The molecule has 0 aliphatic heterocycles. The number of unbranched alkanes of at least 4 members (excludes halogenated alkanes) is 6. The van der Waals surface area contributed by atoms with Gasteiger partial charge in [-0.1, -0.05) is 45.4 Å². The Kier molecular flexibility index (Phi) is 8.23. The molecule has 0 aliphatic carbocycles. The molecule has 1 N–H and O–H groups in total. The van der Waals surface area contributed by atoms with Crippen molar-refractivity contribution in [3.8, 4) is 5.75 Å². The molecule has 0 saturated heterocycles. The van der Waals surface area contributed by atoms with Gasteiger partial charge in [-0.15, -0.1) is 0 Å². The van der Waals surface area contributed by atoms with Crippen molar-refractivity contribution < 1.29 is 9.84 Å². The van der Waals surface area contributed by atoms with Crippen molar-refractivity contribution in [1.29, 1.82) is 0 Å². The molecule has 1 rings (SSSR count). The second-order valence-electron chi connectivity index (χ2n) is 5.01.